The molecule has 2 aliphatic heterocycles. The topological polar surface area (TPSA) is 163 Å². The molecule has 3 heterocycles. The Morgan fingerprint density at radius 3 is 2.35 bits per heavy atom. The minimum atomic E-state index is -4.21. The van der Waals surface area contributed by atoms with Gasteiger partial charge in [0.2, 0.25) is 15.9 Å². The molecule has 258 valence electrons. The largest absolute Gasteiger partial charge is 0.486 e. The number of sulfonamides is 1. The van der Waals surface area contributed by atoms with Gasteiger partial charge in [-0.05, 0) is 56.2 Å². The average molecular weight is 747 g/mol. The van der Waals surface area contributed by atoms with Crippen molar-refractivity contribution in [2.45, 2.75) is 37.3 Å². The summed E-state index contributed by atoms with van der Waals surface area (Å²) in [5.74, 6) is -0.139. The molecule has 2 fully saturated rings. The lowest BCUT2D eigenvalue weighted by Crippen LogP contribution is -2.55. The summed E-state index contributed by atoms with van der Waals surface area (Å²) in [5.41, 5.74) is 8.69. The van der Waals surface area contributed by atoms with Gasteiger partial charge in [-0.25, -0.2) is 13.4 Å². The van der Waals surface area contributed by atoms with E-state index in [1.54, 1.807) is 52.4 Å². The van der Waals surface area contributed by atoms with Crippen LogP contribution in [0.3, 0.4) is 0 Å². The van der Waals surface area contributed by atoms with Crippen LogP contribution >= 0.6 is 35.6 Å². The molecule has 0 unspecified atom stereocenters. The number of piperazine rings is 1. The minimum Gasteiger partial charge on any atom is -0.486 e. The lowest BCUT2D eigenvalue weighted by atomic mass is 10.1. The van der Waals surface area contributed by atoms with Gasteiger partial charge in [0.15, 0.2) is 0 Å². The highest BCUT2D eigenvalue weighted by molar-refractivity contribution is 7.89. The molecule has 2 aliphatic rings. The number of carbonyl (C=O) groups excluding carboxylic acids is 2. The van der Waals surface area contributed by atoms with Crippen molar-refractivity contribution in [3.8, 4) is 5.75 Å². The zero-order chi connectivity index (χ0) is 34.2. The Morgan fingerprint density at radius 2 is 1.65 bits per heavy atom. The number of hydrogen-bond donors (Lipinski definition) is 2. The number of amidine groups is 1. The lowest BCUT2D eigenvalue weighted by Gasteiger charge is -2.37. The first kappa shape index (κ1) is 36.3. The first-order valence-corrected chi connectivity index (χ1v) is 17.5. The third-order valence-electron chi connectivity index (χ3n) is 8.58. The van der Waals surface area contributed by atoms with E-state index in [1.165, 1.54) is 16.4 Å². The molecule has 0 aliphatic carbocycles. The Morgan fingerprint density at radius 1 is 0.980 bits per heavy atom. The molecule has 2 saturated heterocycles. The molecule has 1 atom stereocenters. The van der Waals surface area contributed by atoms with E-state index in [0.717, 1.165) is 0 Å². The van der Waals surface area contributed by atoms with Gasteiger partial charge in [-0.2, -0.15) is 4.31 Å². The van der Waals surface area contributed by atoms with Crippen LogP contribution in [0.4, 0.5) is 0 Å². The summed E-state index contributed by atoms with van der Waals surface area (Å²) in [5, 5.41) is 7.69. The first-order valence-electron chi connectivity index (χ1n) is 15.3. The molecule has 4 aromatic rings. The number of hydrogen-bond acceptors (Lipinski definition) is 8. The number of halogens is 3. The maximum Gasteiger partial charge on any atom is 0.253 e. The maximum absolute atomic E-state index is 14.1. The fraction of sp³-hybridized carbons (Fsp3) is 0.303. The number of rotatable bonds is 8. The fourth-order valence-corrected chi connectivity index (χ4v) is 8.50. The number of nitrogen functional groups attached to an aromatic ring is 1. The van der Waals surface area contributed by atoms with Gasteiger partial charge in [0.1, 0.15) is 34.6 Å². The molecule has 0 bridgehead atoms. The predicted molar refractivity (Wildman–Crippen MR) is 189 cm³/mol. The van der Waals surface area contributed by atoms with Crippen molar-refractivity contribution in [1.29, 1.82) is 5.41 Å². The van der Waals surface area contributed by atoms with Crippen LogP contribution in [0.5, 0.6) is 5.75 Å². The van der Waals surface area contributed by atoms with Crippen LogP contribution in [0.25, 0.3) is 11.0 Å². The number of aromatic nitrogens is 2. The van der Waals surface area contributed by atoms with Crippen LogP contribution in [0.2, 0.25) is 10.0 Å². The van der Waals surface area contributed by atoms with Crippen molar-refractivity contribution in [1.82, 2.24) is 24.1 Å². The van der Waals surface area contributed by atoms with E-state index < -0.39 is 16.1 Å². The van der Waals surface area contributed by atoms with Crippen molar-refractivity contribution >= 4 is 74.3 Å². The first-order chi connectivity index (χ1) is 23.0. The second-order valence-electron chi connectivity index (χ2n) is 11.6. The fourth-order valence-electron chi connectivity index (χ4n) is 5.99. The van der Waals surface area contributed by atoms with Crippen molar-refractivity contribution in [3.05, 3.63) is 93.2 Å². The summed E-state index contributed by atoms with van der Waals surface area (Å²) in [7, 11) is -4.21. The van der Waals surface area contributed by atoms with Crippen molar-refractivity contribution in [3.63, 3.8) is 0 Å². The van der Waals surface area contributed by atoms with Crippen LogP contribution in [0.15, 0.2) is 65.7 Å². The number of benzene rings is 3. The zero-order valence-corrected chi connectivity index (χ0v) is 29.6. The van der Waals surface area contributed by atoms with Gasteiger partial charge in [0.25, 0.3) is 5.91 Å². The van der Waals surface area contributed by atoms with Gasteiger partial charge in [-0.15, -0.1) is 12.4 Å². The summed E-state index contributed by atoms with van der Waals surface area (Å²) < 4.78 is 35.4. The number of carbonyl (C=O) groups is 2. The Hall–Kier alpha value is -4.01. The van der Waals surface area contributed by atoms with Gasteiger partial charge < -0.3 is 20.3 Å². The summed E-state index contributed by atoms with van der Waals surface area (Å²) in [4.78, 5) is 38.8. The van der Waals surface area contributed by atoms with Crippen LogP contribution < -0.4 is 10.5 Å². The summed E-state index contributed by atoms with van der Waals surface area (Å²) >= 11 is 13.2. The molecule has 3 aromatic carbocycles. The number of para-hydroxylation sites is 1. The number of ether oxygens (including phenoxy) is 1. The summed E-state index contributed by atoms with van der Waals surface area (Å²) in [6, 6.07) is 13.7. The molecule has 0 saturated carbocycles. The monoisotopic (exact) mass is 745 g/mol. The second kappa shape index (κ2) is 14.9. The van der Waals surface area contributed by atoms with Gasteiger partial charge in [-0.1, -0.05) is 41.4 Å². The SMILES string of the molecule is Cc1cnc2cccc(OCc3c(Cl)ccc(S(=O)(=O)N4CCC[C@H]4C(=O)N4CCN(C(=O)c5ccc(C(=N)N)cc5)CC4)c3Cl)c2n1.Cl. The van der Waals surface area contributed by atoms with Crippen molar-refractivity contribution < 1.29 is 22.7 Å². The zero-order valence-electron chi connectivity index (χ0n) is 26.4. The maximum atomic E-state index is 14.1. The number of nitrogens with two attached hydrogens (primary N) is 1. The summed E-state index contributed by atoms with van der Waals surface area (Å²) in [6.07, 6.45) is 2.53. The molecule has 16 heteroatoms. The van der Waals surface area contributed by atoms with E-state index in [4.69, 9.17) is 39.1 Å². The molecule has 6 rings (SSSR count). The number of fused-ring (bicyclic) bond motifs is 1. The van der Waals surface area contributed by atoms with Crippen LogP contribution in [0.1, 0.15) is 40.0 Å². The minimum absolute atomic E-state index is 0. The van der Waals surface area contributed by atoms with Gasteiger partial charge in [0, 0.05) is 60.6 Å². The van der Waals surface area contributed by atoms with Gasteiger partial charge in [0.05, 0.1) is 16.2 Å². The van der Waals surface area contributed by atoms with Crippen LogP contribution in [0, 0.1) is 12.3 Å². The molecular formula is C33H34Cl3N7O5S. The second-order valence-corrected chi connectivity index (χ2v) is 14.3. The Bertz CT molecular complexity index is 2020. The number of aryl methyl sites for hydroxylation is 1. The molecule has 1 aromatic heterocycles. The van der Waals surface area contributed by atoms with Crippen molar-refractivity contribution in [2.75, 3.05) is 32.7 Å². The third-order valence-corrected chi connectivity index (χ3v) is 11.4. The third kappa shape index (κ3) is 7.31. The Kier molecular flexibility index (Phi) is 11.0. The highest BCUT2D eigenvalue weighted by Crippen LogP contribution is 2.37. The molecule has 12 nitrogen and oxygen atoms in total. The molecule has 2 amide bonds. The van der Waals surface area contributed by atoms with E-state index in [2.05, 4.69) is 9.97 Å². The Balaban J connectivity index is 0.00000468. The molecule has 49 heavy (non-hydrogen) atoms. The van der Waals surface area contributed by atoms with E-state index >= 15 is 0 Å². The van der Waals surface area contributed by atoms with Crippen LogP contribution in [-0.4, -0.2) is 88.9 Å². The van der Waals surface area contributed by atoms with E-state index in [1.807, 2.05) is 13.0 Å². The highest BCUT2D eigenvalue weighted by atomic mass is 35.5. The number of nitrogens with one attached hydrogen (secondary N) is 1. The van der Waals surface area contributed by atoms with Gasteiger partial charge in [-0.3, -0.25) is 20.0 Å². The predicted octanol–water partition coefficient (Wildman–Crippen LogP) is 4.67. The number of amides is 2. The van der Waals surface area contributed by atoms with Crippen molar-refractivity contribution in [2.24, 2.45) is 5.73 Å². The summed E-state index contributed by atoms with van der Waals surface area (Å²) in [6.45, 7) is 2.99. The highest BCUT2D eigenvalue weighted by Gasteiger charge is 2.43. The molecular weight excluding hydrogens is 713 g/mol. The molecule has 3 N–H and O–H groups in total. The van der Waals surface area contributed by atoms with E-state index in [0.29, 0.717) is 59.5 Å². The Labute approximate surface area is 300 Å². The molecule has 0 radical (unpaired) electrons. The standard InChI is InChI=1S/C33H33Cl2N7O5S.ClH/c1-20-18-38-25-4-2-6-27(30(25)39-20)47-19-23-24(34)11-12-28(29(23)35)48(45,46)42-13-3-5-26(42)33(44)41-16-14-40(15-17-41)32(43)22-9-7-21(8-10-22)31(36)37;/h2,4,6-12,18,26H,3,5,13-17,19H2,1H3,(H3,36,37);1H/t26-;/m0./s1. The van der Waals surface area contributed by atoms with E-state index in [9.17, 15) is 18.0 Å². The quantitative estimate of drug-likeness (QED) is 0.194. The average Bonchev–Trinajstić information content (AvgIpc) is 3.59. The molecule has 0 spiro atoms. The lowest BCUT2D eigenvalue weighted by molar-refractivity contribution is -0.136. The van der Waals surface area contributed by atoms with E-state index in [-0.39, 0.29) is 76.8 Å². The van der Waals surface area contributed by atoms with Crippen LogP contribution in [-0.2, 0) is 21.4 Å². The number of nitrogens with zero attached hydrogens (tertiary/aromatic N) is 5. The normalized spacial score (nSPS) is 16.8. The smallest absolute Gasteiger partial charge is 0.253 e. The van der Waals surface area contributed by atoms with Gasteiger partial charge >= 0.3 is 0 Å².